The lowest BCUT2D eigenvalue weighted by molar-refractivity contribution is -0.187. The van der Waals surface area contributed by atoms with Crippen molar-refractivity contribution in [1.29, 1.82) is 0 Å². The number of nitrogens with zero attached hydrogens (tertiary/aromatic N) is 2. The molecule has 0 radical (unpaired) electrons. The van der Waals surface area contributed by atoms with Crippen molar-refractivity contribution < 1.29 is 19.0 Å². The fraction of sp³-hybridized carbons (Fsp3) is 0.682. The molecular weight excluding hydrogens is 356 g/mol. The molecule has 2 saturated heterocycles. The van der Waals surface area contributed by atoms with Crippen molar-refractivity contribution in [1.82, 2.24) is 9.80 Å². The zero-order chi connectivity index (χ0) is 19.9. The van der Waals surface area contributed by atoms with E-state index in [1.54, 1.807) is 7.11 Å². The Balaban J connectivity index is 1.11. The largest absolute Gasteiger partial charge is 0.497 e. The second-order valence-corrected chi connectivity index (χ2v) is 9.67. The molecule has 4 rings (SSSR count). The predicted molar refractivity (Wildman–Crippen MR) is 106 cm³/mol. The Morgan fingerprint density at radius 3 is 2.32 bits per heavy atom. The SMILES string of the molecule is COc1ccc(CN2CC(OC3CC4(C3)CN(C(=O)OC(C)(C)C)C4)C2)cc1. The fourth-order valence-corrected chi connectivity index (χ4v) is 4.48. The van der Waals surface area contributed by atoms with Gasteiger partial charge >= 0.3 is 6.09 Å². The Morgan fingerprint density at radius 2 is 1.75 bits per heavy atom. The molecule has 0 aromatic heterocycles. The van der Waals surface area contributed by atoms with Gasteiger partial charge in [0.1, 0.15) is 11.4 Å². The van der Waals surface area contributed by atoms with Crippen LogP contribution in [0.4, 0.5) is 4.79 Å². The van der Waals surface area contributed by atoms with Crippen molar-refractivity contribution in [3.05, 3.63) is 29.8 Å². The molecule has 6 nitrogen and oxygen atoms in total. The lowest BCUT2D eigenvalue weighted by atomic mass is 9.62. The van der Waals surface area contributed by atoms with Crippen LogP contribution < -0.4 is 4.74 Å². The van der Waals surface area contributed by atoms with Crippen molar-refractivity contribution in [2.75, 3.05) is 33.3 Å². The van der Waals surface area contributed by atoms with Crippen LogP contribution in [0.2, 0.25) is 0 Å². The normalized spacial score (nSPS) is 22.4. The standard InChI is InChI=1S/C22H32N2O4/c1-21(2,3)28-20(25)24-14-22(15-24)9-18(10-22)27-19-12-23(13-19)11-16-5-7-17(26-4)8-6-16/h5-8,18-19H,9-15H2,1-4H3. The Hall–Kier alpha value is -1.79. The second kappa shape index (κ2) is 7.23. The first-order valence-corrected chi connectivity index (χ1v) is 10.2. The van der Waals surface area contributed by atoms with Crippen molar-refractivity contribution in [2.45, 2.75) is 58.0 Å². The molecule has 3 fully saturated rings. The number of benzene rings is 1. The monoisotopic (exact) mass is 388 g/mol. The van der Waals surface area contributed by atoms with E-state index in [0.717, 1.165) is 51.3 Å². The van der Waals surface area contributed by atoms with E-state index in [1.807, 2.05) is 37.8 Å². The molecule has 0 unspecified atom stereocenters. The maximum atomic E-state index is 12.1. The smallest absolute Gasteiger partial charge is 0.410 e. The molecule has 1 aromatic carbocycles. The molecule has 1 saturated carbocycles. The van der Waals surface area contributed by atoms with Gasteiger partial charge in [-0.1, -0.05) is 12.1 Å². The van der Waals surface area contributed by atoms with Crippen LogP contribution in [-0.4, -0.2) is 67.0 Å². The summed E-state index contributed by atoms with van der Waals surface area (Å²) in [4.78, 5) is 16.3. The molecule has 2 heterocycles. The number of methoxy groups -OCH3 is 1. The van der Waals surface area contributed by atoms with Crippen LogP contribution >= 0.6 is 0 Å². The zero-order valence-corrected chi connectivity index (χ0v) is 17.4. The highest BCUT2D eigenvalue weighted by Gasteiger charge is 2.55. The summed E-state index contributed by atoms with van der Waals surface area (Å²) >= 11 is 0. The van der Waals surface area contributed by atoms with Crippen molar-refractivity contribution in [3.8, 4) is 5.75 Å². The minimum absolute atomic E-state index is 0.185. The van der Waals surface area contributed by atoms with E-state index in [2.05, 4.69) is 17.0 Å². The number of amides is 1. The predicted octanol–water partition coefficient (Wildman–Crippen LogP) is 3.30. The molecule has 2 aliphatic heterocycles. The first-order valence-electron chi connectivity index (χ1n) is 10.2. The summed E-state index contributed by atoms with van der Waals surface area (Å²) in [5, 5.41) is 0. The number of hydrogen-bond donors (Lipinski definition) is 0. The van der Waals surface area contributed by atoms with Gasteiger partial charge in [-0.2, -0.15) is 0 Å². The van der Waals surface area contributed by atoms with Gasteiger partial charge < -0.3 is 19.1 Å². The van der Waals surface area contributed by atoms with E-state index >= 15 is 0 Å². The maximum Gasteiger partial charge on any atom is 0.410 e. The zero-order valence-electron chi connectivity index (χ0n) is 17.4. The molecule has 1 aromatic rings. The Labute approximate surface area is 167 Å². The summed E-state index contributed by atoms with van der Waals surface area (Å²) < 4.78 is 16.9. The maximum absolute atomic E-state index is 12.1. The van der Waals surface area contributed by atoms with Crippen molar-refractivity contribution in [2.24, 2.45) is 5.41 Å². The summed E-state index contributed by atoms with van der Waals surface area (Å²) in [5.41, 5.74) is 1.17. The Morgan fingerprint density at radius 1 is 1.11 bits per heavy atom. The molecule has 1 aliphatic carbocycles. The number of hydrogen-bond acceptors (Lipinski definition) is 5. The van der Waals surface area contributed by atoms with Gasteiger partial charge in [-0.15, -0.1) is 0 Å². The Bertz CT molecular complexity index is 692. The molecule has 3 aliphatic rings. The first kappa shape index (κ1) is 19.5. The van der Waals surface area contributed by atoms with E-state index in [9.17, 15) is 4.79 Å². The van der Waals surface area contributed by atoms with E-state index in [-0.39, 0.29) is 11.5 Å². The lowest BCUT2D eigenvalue weighted by Crippen LogP contribution is -2.66. The van der Waals surface area contributed by atoms with E-state index < -0.39 is 5.60 Å². The lowest BCUT2D eigenvalue weighted by Gasteiger charge is -2.59. The number of carbonyl (C=O) groups is 1. The number of ether oxygens (including phenoxy) is 3. The highest BCUT2D eigenvalue weighted by molar-refractivity contribution is 5.69. The topological polar surface area (TPSA) is 51.2 Å². The number of carbonyl (C=O) groups excluding carboxylic acids is 1. The minimum Gasteiger partial charge on any atom is -0.497 e. The fourth-order valence-electron chi connectivity index (χ4n) is 4.48. The van der Waals surface area contributed by atoms with Crippen molar-refractivity contribution in [3.63, 3.8) is 0 Å². The summed E-state index contributed by atoms with van der Waals surface area (Å²) in [7, 11) is 1.69. The quantitative estimate of drug-likeness (QED) is 0.775. The van der Waals surface area contributed by atoms with Gasteiger partial charge in [-0.05, 0) is 51.3 Å². The highest BCUT2D eigenvalue weighted by Crippen LogP contribution is 2.50. The summed E-state index contributed by atoms with van der Waals surface area (Å²) in [5.74, 6) is 0.897. The third kappa shape index (κ3) is 4.28. The van der Waals surface area contributed by atoms with E-state index in [1.165, 1.54) is 5.56 Å². The molecular formula is C22H32N2O4. The van der Waals surface area contributed by atoms with Gasteiger partial charge in [-0.25, -0.2) is 4.79 Å². The Kier molecular flexibility index (Phi) is 5.04. The third-order valence-electron chi connectivity index (χ3n) is 5.90. The summed E-state index contributed by atoms with van der Waals surface area (Å²) in [6.45, 7) is 10.3. The van der Waals surface area contributed by atoms with Crippen LogP contribution in [0, 0.1) is 5.41 Å². The molecule has 0 N–H and O–H groups in total. The van der Waals surface area contributed by atoms with Gasteiger partial charge in [0.25, 0.3) is 0 Å². The van der Waals surface area contributed by atoms with Gasteiger partial charge in [0, 0.05) is 38.1 Å². The van der Waals surface area contributed by atoms with Crippen LogP contribution in [0.1, 0.15) is 39.2 Å². The molecule has 0 atom stereocenters. The molecule has 28 heavy (non-hydrogen) atoms. The average molecular weight is 389 g/mol. The van der Waals surface area contributed by atoms with Gasteiger partial charge in [0.15, 0.2) is 0 Å². The van der Waals surface area contributed by atoms with Crippen molar-refractivity contribution >= 4 is 6.09 Å². The number of likely N-dealkylation sites (tertiary alicyclic amines) is 2. The molecule has 0 bridgehead atoms. The summed E-state index contributed by atoms with van der Waals surface area (Å²) in [6.07, 6.45) is 2.66. The first-order chi connectivity index (χ1) is 13.2. The van der Waals surface area contributed by atoms with E-state index in [0.29, 0.717) is 12.2 Å². The van der Waals surface area contributed by atoms with Gasteiger partial charge in [0.2, 0.25) is 0 Å². The highest BCUT2D eigenvalue weighted by atomic mass is 16.6. The van der Waals surface area contributed by atoms with Crippen LogP contribution in [0.5, 0.6) is 5.75 Å². The van der Waals surface area contributed by atoms with Crippen LogP contribution in [-0.2, 0) is 16.0 Å². The van der Waals surface area contributed by atoms with Gasteiger partial charge in [0.05, 0.1) is 19.3 Å². The van der Waals surface area contributed by atoms with E-state index in [4.69, 9.17) is 14.2 Å². The third-order valence-corrected chi connectivity index (χ3v) is 5.90. The molecule has 1 spiro atoms. The molecule has 1 amide bonds. The van der Waals surface area contributed by atoms with Crippen LogP contribution in [0.25, 0.3) is 0 Å². The van der Waals surface area contributed by atoms with Crippen LogP contribution in [0.3, 0.4) is 0 Å². The van der Waals surface area contributed by atoms with Gasteiger partial charge in [-0.3, -0.25) is 4.90 Å². The average Bonchev–Trinajstić information content (AvgIpc) is 2.51. The summed E-state index contributed by atoms with van der Waals surface area (Å²) in [6, 6.07) is 8.26. The number of rotatable bonds is 5. The second-order valence-electron chi connectivity index (χ2n) is 9.67. The van der Waals surface area contributed by atoms with Crippen LogP contribution in [0.15, 0.2) is 24.3 Å². The molecule has 6 heteroatoms. The minimum atomic E-state index is -0.424. The molecule has 154 valence electrons.